The molecular weight excluding hydrogens is 216 g/mol. The Hall–Kier alpha value is -2.30. The van der Waals surface area contributed by atoms with Gasteiger partial charge in [-0.1, -0.05) is 12.1 Å². The first-order valence-electron chi connectivity index (χ1n) is 5.27. The summed E-state index contributed by atoms with van der Waals surface area (Å²) in [6.07, 6.45) is 3.52. The number of carbonyl (C=O) groups excluding carboxylic acids is 1. The number of hydrogen-bond donors (Lipinski definition) is 2. The normalized spacial score (nSPS) is 10.2. The Kier molecular flexibility index (Phi) is 3.09. The highest BCUT2D eigenvalue weighted by Crippen LogP contribution is 2.10. The molecule has 2 rings (SSSR count). The van der Waals surface area contributed by atoms with Crippen LogP contribution >= 0.6 is 0 Å². The molecule has 1 aromatic carbocycles. The number of benzene rings is 1. The minimum Gasteiger partial charge on any atom is -0.398 e. The van der Waals surface area contributed by atoms with E-state index in [4.69, 9.17) is 5.73 Å². The van der Waals surface area contributed by atoms with E-state index >= 15 is 0 Å². The van der Waals surface area contributed by atoms with Crippen LogP contribution in [0.3, 0.4) is 0 Å². The summed E-state index contributed by atoms with van der Waals surface area (Å²) in [5, 5.41) is 2.78. The molecule has 1 aromatic heterocycles. The second kappa shape index (κ2) is 4.69. The van der Waals surface area contributed by atoms with Crippen LogP contribution in [0.2, 0.25) is 0 Å². The molecule has 3 N–H and O–H groups in total. The number of amides is 1. The van der Waals surface area contributed by atoms with E-state index < -0.39 is 0 Å². The predicted octanol–water partition coefficient (Wildman–Crippen LogP) is 0.932. The van der Waals surface area contributed by atoms with Crippen molar-refractivity contribution in [3.05, 3.63) is 48.0 Å². The molecule has 0 spiro atoms. The van der Waals surface area contributed by atoms with Crippen molar-refractivity contribution in [2.45, 2.75) is 6.54 Å². The van der Waals surface area contributed by atoms with E-state index in [2.05, 4.69) is 10.3 Å². The molecule has 0 unspecified atom stereocenters. The van der Waals surface area contributed by atoms with E-state index in [1.807, 2.05) is 17.8 Å². The third-order valence-electron chi connectivity index (χ3n) is 2.53. The van der Waals surface area contributed by atoms with Gasteiger partial charge in [-0.3, -0.25) is 4.79 Å². The number of para-hydroxylation sites is 1. The largest absolute Gasteiger partial charge is 0.398 e. The summed E-state index contributed by atoms with van der Waals surface area (Å²) in [5.74, 6) is 0.610. The minimum atomic E-state index is -0.189. The number of nitrogens with zero attached hydrogens (tertiary/aromatic N) is 2. The van der Waals surface area contributed by atoms with Crippen LogP contribution in [0.4, 0.5) is 5.69 Å². The number of anilines is 1. The van der Waals surface area contributed by atoms with Gasteiger partial charge in [-0.2, -0.15) is 0 Å². The third-order valence-corrected chi connectivity index (χ3v) is 2.53. The standard InChI is InChI=1S/C12H14N4O/c1-16-7-6-14-11(16)8-15-12(17)9-4-2-3-5-10(9)13/h2-7H,8,13H2,1H3,(H,15,17). The molecule has 0 radical (unpaired) electrons. The van der Waals surface area contributed by atoms with Gasteiger partial charge in [0.05, 0.1) is 12.1 Å². The molecule has 0 aliphatic carbocycles. The first-order valence-corrected chi connectivity index (χ1v) is 5.27. The van der Waals surface area contributed by atoms with E-state index in [-0.39, 0.29) is 5.91 Å². The van der Waals surface area contributed by atoms with Crippen molar-refractivity contribution in [1.29, 1.82) is 0 Å². The van der Waals surface area contributed by atoms with Gasteiger partial charge in [0.15, 0.2) is 0 Å². The number of rotatable bonds is 3. The van der Waals surface area contributed by atoms with Gasteiger partial charge in [-0.25, -0.2) is 4.98 Å². The highest BCUT2D eigenvalue weighted by Gasteiger charge is 2.09. The molecule has 88 valence electrons. The molecule has 0 bridgehead atoms. The molecule has 1 heterocycles. The lowest BCUT2D eigenvalue weighted by molar-refractivity contribution is 0.0950. The Balaban J connectivity index is 2.04. The van der Waals surface area contributed by atoms with Gasteiger partial charge < -0.3 is 15.6 Å². The van der Waals surface area contributed by atoms with Crippen molar-refractivity contribution in [1.82, 2.24) is 14.9 Å². The van der Waals surface area contributed by atoms with Gasteiger partial charge in [-0.15, -0.1) is 0 Å². The first-order chi connectivity index (χ1) is 8.18. The average Bonchev–Trinajstić information content (AvgIpc) is 2.72. The number of imidazole rings is 1. The number of aromatic nitrogens is 2. The molecule has 0 fully saturated rings. The molecule has 2 aromatic rings. The Morgan fingerprint density at radius 3 is 2.88 bits per heavy atom. The number of hydrogen-bond acceptors (Lipinski definition) is 3. The van der Waals surface area contributed by atoms with Crippen molar-refractivity contribution >= 4 is 11.6 Å². The summed E-state index contributed by atoms with van der Waals surface area (Å²) in [6.45, 7) is 0.386. The lowest BCUT2D eigenvalue weighted by Crippen LogP contribution is -2.25. The molecular formula is C12H14N4O. The summed E-state index contributed by atoms with van der Waals surface area (Å²) in [4.78, 5) is 16.0. The van der Waals surface area contributed by atoms with Gasteiger partial charge in [0.1, 0.15) is 5.82 Å². The smallest absolute Gasteiger partial charge is 0.253 e. The van der Waals surface area contributed by atoms with Crippen LogP contribution in [0, 0.1) is 0 Å². The number of nitrogens with two attached hydrogens (primary N) is 1. The zero-order chi connectivity index (χ0) is 12.3. The van der Waals surface area contributed by atoms with Crippen molar-refractivity contribution in [2.75, 3.05) is 5.73 Å². The fourth-order valence-corrected chi connectivity index (χ4v) is 1.53. The average molecular weight is 230 g/mol. The van der Waals surface area contributed by atoms with Crippen LogP contribution in [0.1, 0.15) is 16.2 Å². The van der Waals surface area contributed by atoms with Crippen LogP contribution in [-0.2, 0) is 13.6 Å². The topological polar surface area (TPSA) is 72.9 Å². The first kappa shape index (κ1) is 11.2. The van der Waals surface area contributed by atoms with Gasteiger partial charge >= 0.3 is 0 Å². The van der Waals surface area contributed by atoms with Crippen molar-refractivity contribution in [3.8, 4) is 0 Å². The molecule has 17 heavy (non-hydrogen) atoms. The van der Waals surface area contributed by atoms with Gasteiger partial charge in [0.2, 0.25) is 0 Å². The predicted molar refractivity (Wildman–Crippen MR) is 65.2 cm³/mol. The molecule has 0 aliphatic heterocycles. The maximum Gasteiger partial charge on any atom is 0.253 e. The summed E-state index contributed by atoms with van der Waals surface area (Å²) in [6, 6.07) is 6.98. The third kappa shape index (κ3) is 2.44. The van der Waals surface area contributed by atoms with Crippen molar-refractivity contribution in [3.63, 3.8) is 0 Å². The number of aryl methyl sites for hydroxylation is 1. The number of nitrogens with one attached hydrogen (secondary N) is 1. The van der Waals surface area contributed by atoms with Crippen molar-refractivity contribution in [2.24, 2.45) is 7.05 Å². The molecule has 5 heteroatoms. The van der Waals surface area contributed by atoms with Crippen LogP contribution in [-0.4, -0.2) is 15.5 Å². The summed E-state index contributed by atoms with van der Waals surface area (Å²) in [5.41, 5.74) is 6.68. The molecule has 0 atom stereocenters. The molecule has 0 saturated carbocycles. The Morgan fingerprint density at radius 1 is 1.47 bits per heavy atom. The highest BCUT2D eigenvalue weighted by atomic mass is 16.1. The van der Waals surface area contributed by atoms with Crippen LogP contribution in [0.15, 0.2) is 36.7 Å². The Labute approximate surface area is 99.3 Å². The molecule has 5 nitrogen and oxygen atoms in total. The zero-order valence-electron chi connectivity index (χ0n) is 9.55. The van der Waals surface area contributed by atoms with Gasteiger partial charge in [-0.05, 0) is 12.1 Å². The zero-order valence-corrected chi connectivity index (χ0v) is 9.55. The summed E-state index contributed by atoms with van der Waals surface area (Å²) >= 11 is 0. The molecule has 0 aliphatic rings. The molecule has 1 amide bonds. The number of carbonyl (C=O) groups is 1. The van der Waals surface area contributed by atoms with E-state index in [1.165, 1.54) is 0 Å². The monoisotopic (exact) mass is 230 g/mol. The van der Waals surface area contributed by atoms with Crippen LogP contribution in [0.5, 0.6) is 0 Å². The summed E-state index contributed by atoms with van der Waals surface area (Å²) in [7, 11) is 1.88. The lowest BCUT2D eigenvalue weighted by Gasteiger charge is -2.07. The van der Waals surface area contributed by atoms with E-state index in [1.54, 1.807) is 30.5 Å². The highest BCUT2D eigenvalue weighted by molar-refractivity contribution is 5.98. The van der Waals surface area contributed by atoms with Gasteiger partial charge in [0, 0.05) is 25.1 Å². The Morgan fingerprint density at radius 2 is 2.24 bits per heavy atom. The van der Waals surface area contributed by atoms with E-state index in [0.29, 0.717) is 17.8 Å². The SMILES string of the molecule is Cn1ccnc1CNC(=O)c1ccccc1N. The van der Waals surface area contributed by atoms with Crippen LogP contribution in [0.25, 0.3) is 0 Å². The number of nitrogen functional groups attached to an aromatic ring is 1. The summed E-state index contributed by atoms with van der Waals surface area (Å²) < 4.78 is 1.86. The Bertz CT molecular complexity index is 533. The van der Waals surface area contributed by atoms with E-state index in [0.717, 1.165) is 5.82 Å². The quantitative estimate of drug-likeness (QED) is 0.770. The maximum atomic E-state index is 11.8. The fourth-order valence-electron chi connectivity index (χ4n) is 1.53. The van der Waals surface area contributed by atoms with Crippen LogP contribution < -0.4 is 11.1 Å². The maximum absolute atomic E-state index is 11.8. The minimum absolute atomic E-state index is 0.189. The fraction of sp³-hybridized carbons (Fsp3) is 0.167. The van der Waals surface area contributed by atoms with Crippen molar-refractivity contribution < 1.29 is 4.79 Å². The molecule has 0 saturated heterocycles. The van der Waals surface area contributed by atoms with E-state index in [9.17, 15) is 4.79 Å². The second-order valence-electron chi connectivity index (χ2n) is 3.72. The lowest BCUT2D eigenvalue weighted by atomic mass is 10.1. The van der Waals surface area contributed by atoms with Gasteiger partial charge in [0.25, 0.3) is 5.91 Å². The second-order valence-corrected chi connectivity index (χ2v) is 3.72.